The second-order valence-corrected chi connectivity index (χ2v) is 9.55. The SMILES string of the molecule is Cc1cc(C)c(S(=O)(=O)Cl)cc1C(=O)NCCS(C)(=O)=O. The summed E-state index contributed by atoms with van der Waals surface area (Å²) in [5, 5.41) is 2.44. The first kappa shape index (κ1) is 17.9. The molecule has 1 aromatic carbocycles. The first-order chi connectivity index (χ1) is 9.42. The number of amides is 1. The van der Waals surface area contributed by atoms with Crippen molar-refractivity contribution in [3.05, 3.63) is 28.8 Å². The van der Waals surface area contributed by atoms with Gasteiger partial charge in [-0.2, -0.15) is 0 Å². The molecule has 0 saturated carbocycles. The van der Waals surface area contributed by atoms with E-state index in [0.717, 1.165) is 6.26 Å². The molecule has 0 saturated heterocycles. The van der Waals surface area contributed by atoms with E-state index in [4.69, 9.17) is 10.7 Å². The molecule has 1 N–H and O–H groups in total. The number of nitrogens with one attached hydrogen (secondary N) is 1. The molecule has 0 aliphatic heterocycles. The highest BCUT2D eigenvalue weighted by molar-refractivity contribution is 8.13. The van der Waals surface area contributed by atoms with Crippen LogP contribution in [0, 0.1) is 13.8 Å². The standard InChI is InChI=1S/C12H16ClNO5S2/c1-8-6-9(2)11(21(13,18)19)7-10(8)12(15)14-4-5-20(3,16)17/h6-7H,4-5H2,1-3H3,(H,14,15). The molecule has 0 fully saturated rings. The molecule has 1 rings (SSSR count). The van der Waals surface area contributed by atoms with Gasteiger partial charge in [0.05, 0.1) is 10.6 Å². The molecule has 0 aromatic heterocycles. The number of halogens is 1. The number of sulfone groups is 1. The monoisotopic (exact) mass is 353 g/mol. The predicted molar refractivity (Wildman–Crippen MR) is 81.0 cm³/mol. The van der Waals surface area contributed by atoms with Gasteiger partial charge in [0.1, 0.15) is 9.84 Å². The van der Waals surface area contributed by atoms with E-state index in [1.807, 2.05) is 0 Å². The van der Waals surface area contributed by atoms with Gasteiger partial charge >= 0.3 is 0 Å². The normalized spacial score (nSPS) is 12.2. The Morgan fingerprint density at radius 2 is 1.71 bits per heavy atom. The highest BCUT2D eigenvalue weighted by atomic mass is 35.7. The molecule has 1 amide bonds. The summed E-state index contributed by atoms with van der Waals surface area (Å²) in [6, 6.07) is 2.74. The third-order valence-electron chi connectivity index (χ3n) is 2.79. The van der Waals surface area contributed by atoms with Crippen LogP contribution in [0.5, 0.6) is 0 Å². The quantitative estimate of drug-likeness (QED) is 0.796. The minimum atomic E-state index is -3.95. The van der Waals surface area contributed by atoms with Gasteiger partial charge in [-0.05, 0) is 31.0 Å². The van der Waals surface area contributed by atoms with Crippen molar-refractivity contribution in [3.63, 3.8) is 0 Å². The Labute approximate surface area is 128 Å². The lowest BCUT2D eigenvalue weighted by atomic mass is 10.1. The van der Waals surface area contributed by atoms with Crippen molar-refractivity contribution in [2.45, 2.75) is 18.7 Å². The first-order valence-corrected chi connectivity index (χ1v) is 10.3. The van der Waals surface area contributed by atoms with Gasteiger partial charge in [-0.3, -0.25) is 4.79 Å². The van der Waals surface area contributed by atoms with Gasteiger partial charge in [-0.25, -0.2) is 16.8 Å². The number of carbonyl (C=O) groups is 1. The van der Waals surface area contributed by atoms with Gasteiger partial charge in [0.25, 0.3) is 15.0 Å². The lowest BCUT2D eigenvalue weighted by Gasteiger charge is -2.10. The Kier molecular flexibility index (Phi) is 5.40. The number of benzene rings is 1. The van der Waals surface area contributed by atoms with Crippen LogP contribution in [-0.4, -0.2) is 41.3 Å². The van der Waals surface area contributed by atoms with Crippen molar-refractivity contribution in [1.82, 2.24) is 5.32 Å². The third-order valence-corrected chi connectivity index (χ3v) is 5.20. The zero-order valence-electron chi connectivity index (χ0n) is 11.8. The molecule has 118 valence electrons. The van der Waals surface area contributed by atoms with Crippen molar-refractivity contribution in [1.29, 1.82) is 0 Å². The number of hydrogen-bond acceptors (Lipinski definition) is 5. The molecule has 0 aliphatic carbocycles. The van der Waals surface area contributed by atoms with E-state index >= 15 is 0 Å². The number of rotatable bonds is 5. The lowest BCUT2D eigenvalue weighted by Crippen LogP contribution is -2.29. The Balaban J connectivity index is 3.05. The zero-order chi connectivity index (χ0) is 16.4. The van der Waals surface area contributed by atoms with Crippen molar-refractivity contribution < 1.29 is 21.6 Å². The van der Waals surface area contributed by atoms with Crippen molar-refractivity contribution >= 4 is 35.5 Å². The molecule has 0 radical (unpaired) electrons. The van der Waals surface area contributed by atoms with Gasteiger partial charge in [0.2, 0.25) is 0 Å². The van der Waals surface area contributed by atoms with Crippen LogP contribution in [0.2, 0.25) is 0 Å². The average molecular weight is 354 g/mol. The molecule has 6 nitrogen and oxygen atoms in total. The molecule has 0 heterocycles. The maximum atomic E-state index is 12.0. The summed E-state index contributed by atoms with van der Waals surface area (Å²) in [6.45, 7) is 3.19. The highest BCUT2D eigenvalue weighted by Crippen LogP contribution is 2.23. The predicted octanol–water partition coefficient (Wildman–Crippen LogP) is 1.01. The van der Waals surface area contributed by atoms with Gasteiger partial charge in [-0.15, -0.1) is 0 Å². The molecule has 0 bridgehead atoms. The van der Waals surface area contributed by atoms with Crippen LogP contribution in [0.15, 0.2) is 17.0 Å². The number of aryl methyl sites for hydroxylation is 2. The van der Waals surface area contributed by atoms with Crippen LogP contribution in [0.1, 0.15) is 21.5 Å². The van der Waals surface area contributed by atoms with E-state index in [2.05, 4.69) is 5.32 Å². The fourth-order valence-corrected chi connectivity index (χ4v) is 3.46. The van der Waals surface area contributed by atoms with E-state index in [1.165, 1.54) is 6.07 Å². The molecule has 9 heteroatoms. The summed E-state index contributed by atoms with van der Waals surface area (Å²) < 4.78 is 44.9. The fourth-order valence-electron chi connectivity index (χ4n) is 1.78. The summed E-state index contributed by atoms with van der Waals surface area (Å²) in [5.74, 6) is -0.734. The van der Waals surface area contributed by atoms with E-state index in [9.17, 15) is 21.6 Å². The van der Waals surface area contributed by atoms with Crippen LogP contribution >= 0.6 is 10.7 Å². The smallest absolute Gasteiger partial charge is 0.261 e. The zero-order valence-corrected chi connectivity index (χ0v) is 14.2. The largest absolute Gasteiger partial charge is 0.351 e. The summed E-state index contributed by atoms with van der Waals surface area (Å²) in [6.07, 6.45) is 1.06. The Morgan fingerprint density at radius 3 is 2.19 bits per heavy atom. The van der Waals surface area contributed by atoms with Crippen molar-refractivity contribution in [2.75, 3.05) is 18.6 Å². The second kappa shape index (κ2) is 6.33. The molecule has 1 aromatic rings. The van der Waals surface area contributed by atoms with E-state index in [-0.39, 0.29) is 22.8 Å². The van der Waals surface area contributed by atoms with Crippen molar-refractivity contribution in [2.24, 2.45) is 0 Å². The third kappa shape index (κ3) is 5.29. The number of carbonyl (C=O) groups excluding carboxylic acids is 1. The summed E-state index contributed by atoms with van der Waals surface area (Å²) >= 11 is 0. The molecule has 0 spiro atoms. The maximum Gasteiger partial charge on any atom is 0.261 e. The topological polar surface area (TPSA) is 97.4 Å². The first-order valence-electron chi connectivity index (χ1n) is 5.93. The van der Waals surface area contributed by atoms with Crippen molar-refractivity contribution in [3.8, 4) is 0 Å². The summed E-state index contributed by atoms with van der Waals surface area (Å²) in [5.41, 5.74) is 1.16. The molecule has 21 heavy (non-hydrogen) atoms. The van der Waals surface area contributed by atoms with Gasteiger partial charge in [-0.1, -0.05) is 6.07 Å². The molecular weight excluding hydrogens is 338 g/mol. The average Bonchev–Trinajstić information content (AvgIpc) is 2.24. The van der Waals surface area contributed by atoms with Crippen LogP contribution in [0.4, 0.5) is 0 Å². The second-order valence-electron chi connectivity index (χ2n) is 4.76. The minimum Gasteiger partial charge on any atom is -0.351 e. The fraction of sp³-hybridized carbons (Fsp3) is 0.417. The van der Waals surface area contributed by atoms with Crippen LogP contribution in [0.3, 0.4) is 0 Å². The molecule has 0 unspecified atom stereocenters. The van der Waals surface area contributed by atoms with E-state index in [1.54, 1.807) is 19.9 Å². The molecular formula is C12H16ClNO5S2. The Morgan fingerprint density at radius 1 is 1.14 bits per heavy atom. The van der Waals surface area contributed by atoms with Crippen LogP contribution in [-0.2, 0) is 18.9 Å². The molecule has 0 aliphatic rings. The Bertz CT molecular complexity index is 769. The summed E-state index contributed by atoms with van der Waals surface area (Å²) in [7, 11) is -1.82. The van der Waals surface area contributed by atoms with Gasteiger partial charge < -0.3 is 5.32 Å². The Hall–Kier alpha value is -1.12. The summed E-state index contributed by atoms with van der Waals surface area (Å²) in [4.78, 5) is 11.9. The number of hydrogen-bond donors (Lipinski definition) is 1. The highest BCUT2D eigenvalue weighted by Gasteiger charge is 2.19. The van der Waals surface area contributed by atoms with Crippen LogP contribution < -0.4 is 5.32 Å². The maximum absolute atomic E-state index is 12.0. The molecule has 0 atom stereocenters. The lowest BCUT2D eigenvalue weighted by molar-refractivity contribution is 0.0955. The van der Waals surface area contributed by atoms with Gasteiger partial charge in [0.15, 0.2) is 0 Å². The van der Waals surface area contributed by atoms with E-state index in [0.29, 0.717) is 11.1 Å². The minimum absolute atomic E-state index is 0.0477. The van der Waals surface area contributed by atoms with Crippen LogP contribution in [0.25, 0.3) is 0 Å². The van der Waals surface area contributed by atoms with Gasteiger partial charge in [0, 0.05) is 29.0 Å². The van der Waals surface area contributed by atoms with E-state index < -0.39 is 24.8 Å².